The zero-order chi connectivity index (χ0) is 13.2. The molecule has 0 atom stereocenters. The number of carboxylic acids is 1. The van der Waals surface area contributed by atoms with E-state index in [9.17, 15) is 22.8 Å². The van der Waals surface area contributed by atoms with E-state index in [1.807, 2.05) is 0 Å². The van der Waals surface area contributed by atoms with Crippen molar-refractivity contribution in [3.8, 4) is 0 Å². The van der Waals surface area contributed by atoms with Gasteiger partial charge in [-0.2, -0.15) is 13.2 Å². The second-order valence-electron chi connectivity index (χ2n) is 2.92. The number of alkyl halides is 3. The lowest BCUT2D eigenvalue weighted by atomic mass is 10.2. The van der Waals surface area contributed by atoms with Gasteiger partial charge in [0.05, 0.1) is 16.3 Å². The number of carboxylic acid groups (broad SMARTS) is 1. The third-order valence-electron chi connectivity index (χ3n) is 1.74. The maximum atomic E-state index is 12.0. The number of nitrogens with one attached hydrogen (secondary N) is 1. The Morgan fingerprint density at radius 1 is 1.29 bits per heavy atom. The number of hydrogen-bond acceptors (Lipinski definition) is 2. The molecule has 8 heteroatoms. The van der Waals surface area contributed by atoms with Gasteiger partial charge in [0.2, 0.25) is 0 Å². The van der Waals surface area contributed by atoms with Crippen molar-refractivity contribution in [2.45, 2.75) is 6.18 Å². The van der Waals surface area contributed by atoms with E-state index < -0.39 is 29.3 Å². The van der Waals surface area contributed by atoms with Crippen LogP contribution in [0.1, 0.15) is 10.4 Å². The van der Waals surface area contributed by atoms with E-state index in [0.717, 1.165) is 6.07 Å². The number of hydrogen-bond donors (Lipinski definition) is 2. The molecule has 0 spiro atoms. The first-order chi connectivity index (χ1) is 7.73. The first-order valence-electron chi connectivity index (χ1n) is 4.13. The van der Waals surface area contributed by atoms with Crippen LogP contribution in [0.4, 0.5) is 18.9 Å². The van der Waals surface area contributed by atoms with Gasteiger partial charge in [-0.25, -0.2) is 4.79 Å². The predicted octanol–water partition coefficient (Wildman–Crippen LogP) is 2.54. The van der Waals surface area contributed by atoms with Crippen molar-refractivity contribution in [1.29, 1.82) is 0 Å². The Bertz CT molecular complexity index is 473. The van der Waals surface area contributed by atoms with Gasteiger partial charge in [0, 0.05) is 0 Å². The molecule has 0 saturated carbocycles. The molecule has 92 valence electrons. The van der Waals surface area contributed by atoms with Gasteiger partial charge < -0.3 is 10.4 Å². The van der Waals surface area contributed by atoms with Gasteiger partial charge in [-0.3, -0.25) is 4.79 Å². The molecule has 0 aromatic heterocycles. The molecule has 0 radical (unpaired) electrons. The Labute approximate surface area is 98.0 Å². The number of carbonyl (C=O) groups excluding carboxylic acids is 1. The SMILES string of the molecule is O=C(O)c1cccc(Cl)c1NC(=O)C(F)(F)F. The highest BCUT2D eigenvalue weighted by atomic mass is 35.5. The van der Waals surface area contributed by atoms with E-state index in [-0.39, 0.29) is 5.02 Å². The van der Waals surface area contributed by atoms with Crippen LogP contribution in [0.2, 0.25) is 5.02 Å². The number of para-hydroxylation sites is 1. The van der Waals surface area contributed by atoms with Gasteiger partial charge in [-0.15, -0.1) is 0 Å². The van der Waals surface area contributed by atoms with Crippen molar-refractivity contribution in [1.82, 2.24) is 0 Å². The highest BCUT2D eigenvalue weighted by Crippen LogP contribution is 2.28. The van der Waals surface area contributed by atoms with Gasteiger partial charge >= 0.3 is 18.1 Å². The Balaban J connectivity index is 3.14. The Hall–Kier alpha value is -1.76. The lowest BCUT2D eigenvalue weighted by Crippen LogP contribution is -2.30. The molecule has 0 saturated heterocycles. The van der Waals surface area contributed by atoms with Crippen LogP contribution in [0.25, 0.3) is 0 Å². The van der Waals surface area contributed by atoms with E-state index in [1.165, 1.54) is 17.4 Å². The number of halogens is 4. The van der Waals surface area contributed by atoms with Gasteiger partial charge in [0.15, 0.2) is 0 Å². The van der Waals surface area contributed by atoms with Crippen LogP contribution >= 0.6 is 11.6 Å². The fourth-order valence-corrected chi connectivity index (χ4v) is 1.24. The summed E-state index contributed by atoms with van der Waals surface area (Å²) < 4.78 is 36.0. The molecule has 17 heavy (non-hydrogen) atoms. The minimum Gasteiger partial charge on any atom is -0.478 e. The predicted molar refractivity (Wildman–Crippen MR) is 53.1 cm³/mol. The van der Waals surface area contributed by atoms with E-state index in [2.05, 4.69) is 0 Å². The largest absolute Gasteiger partial charge is 0.478 e. The topological polar surface area (TPSA) is 66.4 Å². The van der Waals surface area contributed by atoms with Gasteiger partial charge in [-0.1, -0.05) is 17.7 Å². The number of benzene rings is 1. The van der Waals surface area contributed by atoms with Gasteiger partial charge in [-0.05, 0) is 12.1 Å². The smallest absolute Gasteiger partial charge is 0.471 e. The summed E-state index contributed by atoms with van der Waals surface area (Å²) in [6, 6.07) is 3.44. The number of rotatable bonds is 2. The minimum atomic E-state index is -5.12. The fourth-order valence-electron chi connectivity index (χ4n) is 1.01. The molecule has 0 aliphatic carbocycles. The van der Waals surface area contributed by atoms with Crippen LogP contribution in [-0.4, -0.2) is 23.2 Å². The second-order valence-corrected chi connectivity index (χ2v) is 3.33. The second kappa shape index (κ2) is 4.62. The summed E-state index contributed by atoms with van der Waals surface area (Å²) in [7, 11) is 0. The average molecular weight is 268 g/mol. The van der Waals surface area contributed by atoms with Crippen LogP contribution in [0, 0.1) is 0 Å². The Morgan fingerprint density at radius 3 is 2.35 bits per heavy atom. The van der Waals surface area contributed by atoms with Crippen molar-refractivity contribution in [2.75, 3.05) is 5.32 Å². The molecule has 0 aliphatic rings. The molecule has 4 nitrogen and oxygen atoms in total. The summed E-state index contributed by atoms with van der Waals surface area (Å²) in [6.45, 7) is 0. The molecular weight excluding hydrogens is 263 g/mol. The molecule has 1 aromatic carbocycles. The van der Waals surface area contributed by atoms with Crippen molar-refractivity contribution < 1.29 is 27.9 Å². The number of anilines is 1. The van der Waals surface area contributed by atoms with E-state index >= 15 is 0 Å². The quantitative estimate of drug-likeness (QED) is 0.865. The fraction of sp³-hybridized carbons (Fsp3) is 0.111. The molecule has 1 amide bonds. The van der Waals surface area contributed by atoms with E-state index in [0.29, 0.717) is 0 Å². The summed E-state index contributed by atoms with van der Waals surface area (Å²) in [5.74, 6) is -3.78. The molecule has 1 aromatic rings. The van der Waals surface area contributed by atoms with Gasteiger partial charge in [0.25, 0.3) is 0 Å². The van der Waals surface area contributed by atoms with E-state index in [1.54, 1.807) is 0 Å². The minimum absolute atomic E-state index is 0.289. The number of carbonyl (C=O) groups is 2. The van der Waals surface area contributed by atoms with Crippen molar-refractivity contribution in [3.05, 3.63) is 28.8 Å². The van der Waals surface area contributed by atoms with E-state index in [4.69, 9.17) is 16.7 Å². The van der Waals surface area contributed by atoms with Crippen LogP contribution in [0.15, 0.2) is 18.2 Å². The number of amides is 1. The molecule has 1 rings (SSSR count). The summed E-state index contributed by atoms with van der Waals surface area (Å²) >= 11 is 5.52. The third kappa shape index (κ3) is 3.10. The standard InChI is InChI=1S/C9H5ClF3NO3/c10-5-3-1-2-4(7(15)16)6(5)14-8(17)9(11,12)13/h1-3H,(H,14,17)(H,15,16). The van der Waals surface area contributed by atoms with Crippen LogP contribution in [0.5, 0.6) is 0 Å². The van der Waals surface area contributed by atoms with Crippen LogP contribution in [-0.2, 0) is 4.79 Å². The Kier molecular flexibility index (Phi) is 3.62. The molecule has 0 fully saturated rings. The first-order valence-corrected chi connectivity index (χ1v) is 4.51. The zero-order valence-corrected chi connectivity index (χ0v) is 8.76. The van der Waals surface area contributed by atoms with Crippen LogP contribution in [0.3, 0.4) is 0 Å². The lowest BCUT2D eigenvalue weighted by Gasteiger charge is -2.11. The zero-order valence-electron chi connectivity index (χ0n) is 8.01. The number of aromatic carboxylic acids is 1. The highest BCUT2D eigenvalue weighted by molar-refractivity contribution is 6.34. The first kappa shape index (κ1) is 13.3. The lowest BCUT2D eigenvalue weighted by molar-refractivity contribution is -0.167. The molecule has 0 aliphatic heterocycles. The maximum Gasteiger partial charge on any atom is 0.471 e. The molecular formula is C9H5ClF3NO3. The summed E-state index contributed by atoms with van der Waals surface area (Å²) in [6.07, 6.45) is -5.12. The molecule has 0 bridgehead atoms. The molecule has 0 heterocycles. The molecule has 0 unspecified atom stereocenters. The molecule has 2 N–H and O–H groups in total. The normalized spacial score (nSPS) is 11.1. The monoisotopic (exact) mass is 267 g/mol. The third-order valence-corrected chi connectivity index (χ3v) is 2.05. The highest BCUT2D eigenvalue weighted by Gasteiger charge is 2.39. The maximum absolute atomic E-state index is 12.0. The summed E-state index contributed by atoms with van der Waals surface area (Å²) in [5.41, 5.74) is -1.10. The van der Waals surface area contributed by atoms with Crippen molar-refractivity contribution in [3.63, 3.8) is 0 Å². The summed E-state index contributed by atoms with van der Waals surface area (Å²) in [5, 5.41) is 9.85. The average Bonchev–Trinajstić information content (AvgIpc) is 2.18. The Morgan fingerprint density at radius 2 is 1.88 bits per heavy atom. The summed E-state index contributed by atoms with van der Waals surface area (Å²) in [4.78, 5) is 21.4. The van der Waals surface area contributed by atoms with Crippen LogP contribution < -0.4 is 5.32 Å². The van der Waals surface area contributed by atoms with Crippen molar-refractivity contribution >= 4 is 29.2 Å². The van der Waals surface area contributed by atoms with Gasteiger partial charge in [0.1, 0.15) is 0 Å². The van der Waals surface area contributed by atoms with Crippen molar-refractivity contribution in [2.24, 2.45) is 0 Å².